The molecule has 0 bridgehead atoms. The summed E-state index contributed by atoms with van der Waals surface area (Å²) in [7, 11) is 0. The summed E-state index contributed by atoms with van der Waals surface area (Å²) in [6.45, 7) is 2.68. The Morgan fingerprint density at radius 2 is 1.62 bits per heavy atom. The van der Waals surface area contributed by atoms with E-state index in [1.54, 1.807) is 0 Å². The van der Waals surface area contributed by atoms with E-state index in [2.05, 4.69) is 33.9 Å². The van der Waals surface area contributed by atoms with E-state index < -0.39 is 29.9 Å². The fourth-order valence-electron chi connectivity index (χ4n) is 2.18. The van der Waals surface area contributed by atoms with Crippen molar-refractivity contribution in [1.29, 1.82) is 0 Å². The maximum absolute atomic E-state index is 12.1. The number of carboxylic acids is 1. The maximum Gasteiger partial charge on any atom is 0.320 e. The minimum atomic E-state index is -1.20. The Morgan fingerprint density at radius 1 is 0.966 bits per heavy atom. The summed E-state index contributed by atoms with van der Waals surface area (Å²) in [5.41, 5.74) is 10.7. The van der Waals surface area contributed by atoms with Crippen LogP contribution in [0.5, 0.6) is 0 Å². The highest BCUT2D eigenvalue weighted by Gasteiger charge is 2.21. The van der Waals surface area contributed by atoms with Crippen LogP contribution in [0.2, 0.25) is 0 Å². The van der Waals surface area contributed by atoms with Crippen molar-refractivity contribution in [2.75, 3.05) is 38.5 Å². The number of hydrogen-bond acceptors (Lipinski definition) is 8. The molecular weight excluding hydrogens is 400 g/mol. The molecule has 0 aromatic carbocycles. The minimum absolute atomic E-state index is 0.0291. The highest BCUT2D eigenvalue weighted by Crippen LogP contribution is 1.97. The van der Waals surface area contributed by atoms with Crippen LogP contribution in [0, 0.1) is 0 Å². The van der Waals surface area contributed by atoms with Gasteiger partial charge in [0.05, 0.1) is 6.54 Å². The Kier molecular flexibility index (Phi) is 15.9. The molecule has 0 aliphatic carbocycles. The second-order valence-corrected chi connectivity index (χ2v) is 6.82. The Bertz CT molecular complexity index is 523. The third-order valence-electron chi connectivity index (χ3n) is 3.92. The molecule has 0 unspecified atom stereocenters. The van der Waals surface area contributed by atoms with E-state index in [0.717, 1.165) is 32.4 Å². The number of aliphatic carboxylic acids is 1. The lowest BCUT2D eigenvalue weighted by atomic mass is 10.1. The average Bonchev–Trinajstić information content (AvgIpc) is 2.70. The van der Waals surface area contributed by atoms with E-state index in [-0.39, 0.29) is 31.0 Å². The highest BCUT2D eigenvalue weighted by atomic mass is 32.1. The molecule has 0 aliphatic heterocycles. The molecule has 0 fully saturated rings. The van der Waals surface area contributed by atoms with Crippen molar-refractivity contribution >= 4 is 36.3 Å². The standard InChI is InChI=1S/C17H34N6O5S/c18-6-3-8-20-7-1-2-9-21-15(25)10-22-16(26)13(11-29)23-14(24)5-4-12(19)17(27)28/h12-13,20,29H,1-11,18-19H2,(H,21,25)(H,22,26)(H,23,24)(H,27,28)/t12-,13-/m0/s1. The first-order chi connectivity index (χ1) is 13.8. The van der Waals surface area contributed by atoms with Gasteiger partial charge in [-0.3, -0.25) is 19.2 Å². The van der Waals surface area contributed by atoms with Crippen LogP contribution in [0.4, 0.5) is 0 Å². The van der Waals surface area contributed by atoms with Crippen LogP contribution in [-0.2, 0) is 19.2 Å². The van der Waals surface area contributed by atoms with Gasteiger partial charge in [-0.25, -0.2) is 0 Å². The number of carboxylic acid groups (broad SMARTS) is 1. The summed E-state index contributed by atoms with van der Waals surface area (Å²) in [6, 6.07) is -2.08. The van der Waals surface area contributed by atoms with Gasteiger partial charge in [-0.1, -0.05) is 0 Å². The molecule has 0 aromatic rings. The Morgan fingerprint density at radius 3 is 2.24 bits per heavy atom. The molecule has 29 heavy (non-hydrogen) atoms. The summed E-state index contributed by atoms with van der Waals surface area (Å²) in [6.07, 6.45) is 2.47. The van der Waals surface area contributed by atoms with Crippen LogP contribution < -0.4 is 32.7 Å². The monoisotopic (exact) mass is 434 g/mol. The second-order valence-electron chi connectivity index (χ2n) is 6.45. The first kappa shape index (κ1) is 27.1. The largest absolute Gasteiger partial charge is 0.480 e. The Labute approximate surface area is 176 Å². The molecular formula is C17H34N6O5S. The van der Waals surface area contributed by atoms with Crippen molar-refractivity contribution in [3.8, 4) is 0 Å². The lowest BCUT2D eigenvalue weighted by Gasteiger charge is -2.16. The summed E-state index contributed by atoms with van der Waals surface area (Å²) < 4.78 is 0. The van der Waals surface area contributed by atoms with Crippen LogP contribution in [0.15, 0.2) is 0 Å². The van der Waals surface area contributed by atoms with Crippen molar-refractivity contribution in [2.45, 2.75) is 44.2 Å². The number of amides is 3. The lowest BCUT2D eigenvalue weighted by molar-refractivity contribution is -0.138. The maximum atomic E-state index is 12.1. The van der Waals surface area contributed by atoms with Gasteiger partial charge in [0.15, 0.2) is 0 Å². The first-order valence-corrected chi connectivity index (χ1v) is 10.3. The fourth-order valence-corrected chi connectivity index (χ4v) is 2.44. The average molecular weight is 435 g/mol. The Balaban J connectivity index is 3.96. The summed E-state index contributed by atoms with van der Waals surface area (Å²) in [5.74, 6) is -2.56. The molecule has 0 spiro atoms. The molecule has 3 amide bonds. The topological polar surface area (TPSA) is 189 Å². The number of nitrogens with one attached hydrogen (secondary N) is 4. The zero-order valence-corrected chi connectivity index (χ0v) is 17.5. The highest BCUT2D eigenvalue weighted by molar-refractivity contribution is 7.80. The van der Waals surface area contributed by atoms with Crippen molar-refractivity contribution in [1.82, 2.24) is 21.3 Å². The van der Waals surface area contributed by atoms with E-state index in [4.69, 9.17) is 16.6 Å². The molecule has 12 heteroatoms. The van der Waals surface area contributed by atoms with Crippen molar-refractivity contribution in [2.24, 2.45) is 11.5 Å². The van der Waals surface area contributed by atoms with Gasteiger partial charge in [0.1, 0.15) is 12.1 Å². The molecule has 0 saturated heterocycles. The third kappa shape index (κ3) is 14.7. The zero-order valence-electron chi connectivity index (χ0n) is 16.6. The van der Waals surface area contributed by atoms with Gasteiger partial charge < -0.3 is 37.8 Å². The first-order valence-electron chi connectivity index (χ1n) is 9.65. The van der Waals surface area contributed by atoms with Gasteiger partial charge >= 0.3 is 5.97 Å². The van der Waals surface area contributed by atoms with E-state index in [0.29, 0.717) is 13.1 Å². The van der Waals surface area contributed by atoms with Gasteiger partial charge in [0.2, 0.25) is 17.7 Å². The molecule has 168 valence electrons. The normalized spacial score (nSPS) is 12.7. The predicted octanol–water partition coefficient (Wildman–Crippen LogP) is -2.46. The molecule has 0 radical (unpaired) electrons. The molecule has 2 atom stereocenters. The number of nitrogens with two attached hydrogens (primary N) is 2. The second kappa shape index (κ2) is 17.0. The number of hydrogen-bond donors (Lipinski definition) is 8. The van der Waals surface area contributed by atoms with Crippen molar-refractivity contribution in [3.05, 3.63) is 0 Å². The number of unbranched alkanes of at least 4 members (excludes halogenated alkanes) is 1. The van der Waals surface area contributed by atoms with Gasteiger partial charge in [-0.05, 0) is 45.3 Å². The summed E-state index contributed by atoms with van der Waals surface area (Å²) in [5, 5.41) is 19.5. The van der Waals surface area contributed by atoms with Crippen molar-refractivity contribution < 1.29 is 24.3 Å². The summed E-state index contributed by atoms with van der Waals surface area (Å²) in [4.78, 5) is 46.3. The van der Waals surface area contributed by atoms with Crippen LogP contribution in [0.1, 0.15) is 32.1 Å². The molecule has 0 rings (SSSR count). The van der Waals surface area contributed by atoms with Gasteiger partial charge in [0, 0.05) is 18.7 Å². The van der Waals surface area contributed by atoms with Gasteiger partial charge in [-0.2, -0.15) is 12.6 Å². The number of carbonyl (C=O) groups is 4. The molecule has 0 saturated carbocycles. The SMILES string of the molecule is NCCCNCCCCNC(=O)CNC(=O)[C@H](CS)NC(=O)CC[C@H](N)C(=O)O. The Hall–Kier alpha value is -1.89. The van der Waals surface area contributed by atoms with Crippen LogP contribution in [0.25, 0.3) is 0 Å². The third-order valence-corrected chi connectivity index (χ3v) is 4.28. The molecule has 9 N–H and O–H groups in total. The van der Waals surface area contributed by atoms with Gasteiger partial charge in [-0.15, -0.1) is 0 Å². The van der Waals surface area contributed by atoms with E-state index in [1.807, 2.05) is 0 Å². The molecule has 0 aliphatic rings. The predicted molar refractivity (Wildman–Crippen MR) is 112 cm³/mol. The van der Waals surface area contributed by atoms with Crippen LogP contribution in [-0.4, -0.2) is 79.4 Å². The quantitative estimate of drug-likeness (QED) is 0.0913. The number of thiol groups is 1. The molecule has 0 heterocycles. The van der Waals surface area contributed by atoms with E-state index >= 15 is 0 Å². The number of rotatable bonds is 17. The smallest absolute Gasteiger partial charge is 0.320 e. The van der Waals surface area contributed by atoms with E-state index in [9.17, 15) is 19.2 Å². The fraction of sp³-hybridized carbons (Fsp3) is 0.765. The number of carbonyl (C=O) groups excluding carboxylic acids is 3. The lowest BCUT2D eigenvalue weighted by Crippen LogP contribution is -2.50. The minimum Gasteiger partial charge on any atom is -0.480 e. The van der Waals surface area contributed by atoms with Crippen molar-refractivity contribution in [3.63, 3.8) is 0 Å². The van der Waals surface area contributed by atoms with Gasteiger partial charge in [0.25, 0.3) is 0 Å². The van der Waals surface area contributed by atoms with Crippen LogP contribution in [0.3, 0.4) is 0 Å². The molecule has 11 nitrogen and oxygen atoms in total. The molecule has 0 aromatic heterocycles. The van der Waals surface area contributed by atoms with E-state index in [1.165, 1.54) is 0 Å². The summed E-state index contributed by atoms with van der Waals surface area (Å²) >= 11 is 4.02. The zero-order chi connectivity index (χ0) is 22.1. The van der Waals surface area contributed by atoms with Crippen LogP contribution >= 0.6 is 12.6 Å².